The third kappa shape index (κ3) is 3.73. The van der Waals surface area contributed by atoms with Gasteiger partial charge in [0.1, 0.15) is 11.5 Å². The van der Waals surface area contributed by atoms with E-state index in [9.17, 15) is 14.9 Å². The Morgan fingerprint density at radius 1 is 1.15 bits per heavy atom. The zero-order valence-corrected chi connectivity index (χ0v) is 15.1. The Kier molecular flexibility index (Phi) is 4.44. The second kappa shape index (κ2) is 7.05. The molecule has 4 aromatic rings. The topological polar surface area (TPSA) is 123 Å². The largest absolute Gasteiger partial charge is 0.316 e. The van der Waals surface area contributed by atoms with E-state index in [1.54, 1.807) is 29.8 Å². The molecule has 0 spiro atoms. The number of nitrogens with one attached hydrogen (secondary N) is 2. The number of amides is 1. The molecule has 0 bridgehead atoms. The molecule has 0 unspecified atom stereocenters. The standard InChI is InChI=1S/C16H10N6O3S2/c23-14(11-8-26-15(19-11)20-13-3-1-2-6-17-13)21-16-18-10-5-4-9(22(24)25)7-12(10)27-16/h1-8H,(H,17,19,20)(H,18,21,23). The second-order valence-corrected chi connectivity index (χ2v) is 7.15. The summed E-state index contributed by atoms with van der Waals surface area (Å²) in [6.07, 6.45) is 1.65. The number of rotatable bonds is 5. The number of carbonyl (C=O) groups excluding carboxylic acids is 1. The molecule has 0 aliphatic rings. The van der Waals surface area contributed by atoms with Gasteiger partial charge in [-0.05, 0) is 18.2 Å². The zero-order chi connectivity index (χ0) is 18.8. The monoisotopic (exact) mass is 398 g/mol. The molecule has 0 atom stereocenters. The quantitative estimate of drug-likeness (QED) is 0.384. The van der Waals surface area contributed by atoms with Crippen LogP contribution in [0.1, 0.15) is 10.5 Å². The molecule has 0 radical (unpaired) electrons. The summed E-state index contributed by atoms with van der Waals surface area (Å²) in [6.45, 7) is 0. The number of nitro groups is 1. The molecule has 11 heteroatoms. The first-order valence-electron chi connectivity index (χ1n) is 7.58. The minimum absolute atomic E-state index is 0.0197. The number of thiazole rings is 2. The van der Waals surface area contributed by atoms with E-state index in [-0.39, 0.29) is 11.4 Å². The molecule has 0 saturated heterocycles. The summed E-state index contributed by atoms with van der Waals surface area (Å²) in [5.41, 5.74) is 0.800. The van der Waals surface area contributed by atoms with Crippen LogP contribution in [0.5, 0.6) is 0 Å². The Bertz CT molecular complexity index is 1140. The smallest absolute Gasteiger partial charge is 0.276 e. The van der Waals surface area contributed by atoms with Crippen LogP contribution < -0.4 is 10.6 Å². The van der Waals surface area contributed by atoms with Crippen molar-refractivity contribution < 1.29 is 9.72 Å². The van der Waals surface area contributed by atoms with Crippen molar-refractivity contribution in [2.75, 3.05) is 10.6 Å². The third-order valence-electron chi connectivity index (χ3n) is 3.44. The van der Waals surface area contributed by atoms with Gasteiger partial charge in [0.2, 0.25) is 0 Å². The average Bonchev–Trinajstić information content (AvgIpc) is 3.28. The number of hydrogen-bond acceptors (Lipinski definition) is 9. The fourth-order valence-electron chi connectivity index (χ4n) is 2.22. The molecule has 0 aliphatic heterocycles. The molecule has 1 aromatic carbocycles. The van der Waals surface area contributed by atoms with Crippen LogP contribution in [0, 0.1) is 10.1 Å². The highest BCUT2D eigenvalue weighted by Gasteiger charge is 2.15. The van der Waals surface area contributed by atoms with E-state index in [0.717, 1.165) is 11.3 Å². The van der Waals surface area contributed by atoms with Gasteiger partial charge in [-0.2, -0.15) is 0 Å². The van der Waals surface area contributed by atoms with Gasteiger partial charge in [0.15, 0.2) is 10.3 Å². The van der Waals surface area contributed by atoms with Crippen LogP contribution in [-0.4, -0.2) is 25.8 Å². The lowest BCUT2D eigenvalue weighted by Gasteiger charge is -2.00. The molecule has 0 saturated carbocycles. The Morgan fingerprint density at radius 3 is 2.81 bits per heavy atom. The van der Waals surface area contributed by atoms with Crippen molar-refractivity contribution in [3.63, 3.8) is 0 Å². The molecule has 9 nitrogen and oxygen atoms in total. The molecule has 1 amide bonds. The van der Waals surface area contributed by atoms with Gasteiger partial charge >= 0.3 is 0 Å². The van der Waals surface area contributed by atoms with Gasteiger partial charge in [0.25, 0.3) is 11.6 Å². The molecule has 27 heavy (non-hydrogen) atoms. The molecule has 0 aliphatic carbocycles. The van der Waals surface area contributed by atoms with Gasteiger partial charge in [-0.25, -0.2) is 15.0 Å². The van der Waals surface area contributed by atoms with Crippen molar-refractivity contribution in [2.24, 2.45) is 0 Å². The normalized spacial score (nSPS) is 10.7. The SMILES string of the molecule is O=C(Nc1nc2ccc([N+](=O)[O-])cc2s1)c1csc(Nc2ccccn2)n1. The maximum absolute atomic E-state index is 12.4. The fourth-order valence-corrected chi connectivity index (χ4v) is 3.81. The van der Waals surface area contributed by atoms with Crippen molar-refractivity contribution in [1.29, 1.82) is 0 Å². The van der Waals surface area contributed by atoms with Gasteiger partial charge in [-0.1, -0.05) is 17.4 Å². The highest BCUT2D eigenvalue weighted by Crippen LogP contribution is 2.29. The molecule has 0 fully saturated rings. The molecule has 3 aromatic heterocycles. The fraction of sp³-hybridized carbons (Fsp3) is 0. The highest BCUT2D eigenvalue weighted by molar-refractivity contribution is 7.22. The van der Waals surface area contributed by atoms with Crippen molar-refractivity contribution >= 4 is 60.6 Å². The third-order valence-corrected chi connectivity index (χ3v) is 5.13. The van der Waals surface area contributed by atoms with Crippen LogP contribution in [0.15, 0.2) is 48.0 Å². The van der Waals surface area contributed by atoms with Gasteiger partial charge in [-0.3, -0.25) is 20.2 Å². The predicted molar refractivity (Wildman–Crippen MR) is 104 cm³/mol. The number of nitrogens with zero attached hydrogens (tertiary/aromatic N) is 4. The Labute approximate surface area is 159 Å². The summed E-state index contributed by atoms with van der Waals surface area (Å²) in [6, 6.07) is 9.80. The molecule has 134 valence electrons. The first-order valence-corrected chi connectivity index (χ1v) is 9.28. The summed E-state index contributed by atoms with van der Waals surface area (Å²) in [4.78, 5) is 35.4. The highest BCUT2D eigenvalue weighted by atomic mass is 32.1. The van der Waals surface area contributed by atoms with Gasteiger partial charge in [0.05, 0.1) is 15.1 Å². The first kappa shape index (κ1) is 17.0. The van der Waals surface area contributed by atoms with E-state index < -0.39 is 10.8 Å². The Balaban J connectivity index is 1.49. The molecular weight excluding hydrogens is 388 g/mol. The second-order valence-electron chi connectivity index (χ2n) is 5.26. The maximum Gasteiger partial charge on any atom is 0.276 e. The lowest BCUT2D eigenvalue weighted by molar-refractivity contribution is -0.384. The molecule has 4 rings (SSSR count). The van der Waals surface area contributed by atoms with Crippen molar-refractivity contribution in [3.8, 4) is 0 Å². The van der Waals surface area contributed by atoms with Crippen LogP contribution >= 0.6 is 22.7 Å². The van der Waals surface area contributed by atoms with E-state index >= 15 is 0 Å². The number of aromatic nitrogens is 3. The van der Waals surface area contributed by atoms with Crippen LogP contribution in [0.3, 0.4) is 0 Å². The Morgan fingerprint density at radius 2 is 2.04 bits per heavy atom. The number of benzene rings is 1. The summed E-state index contributed by atoms with van der Waals surface area (Å²) in [5, 5.41) is 19.1. The van der Waals surface area contributed by atoms with Gasteiger partial charge < -0.3 is 5.32 Å². The number of hydrogen-bond donors (Lipinski definition) is 2. The van der Waals surface area contributed by atoms with Crippen molar-refractivity contribution in [1.82, 2.24) is 15.0 Å². The maximum atomic E-state index is 12.4. The van der Waals surface area contributed by atoms with E-state index in [0.29, 0.717) is 26.3 Å². The van der Waals surface area contributed by atoms with Crippen LogP contribution in [0.25, 0.3) is 10.2 Å². The Hall–Kier alpha value is -3.44. The van der Waals surface area contributed by atoms with Gasteiger partial charge in [0, 0.05) is 23.7 Å². The predicted octanol–water partition coefficient (Wildman–Crippen LogP) is 4.05. The number of anilines is 3. The average molecular weight is 398 g/mol. The summed E-state index contributed by atoms with van der Waals surface area (Å²) < 4.78 is 0.621. The van der Waals surface area contributed by atoms with Crippen molar-refractivity contribution in [2.45, 2.75) is 0 Å². The number of non-ortho nitro benzene ring substituents is 1. The summed E-state index contributed by atoms with van der Waals surface area (Å²) >= 11 is 2.44. The summed E-state index contributed by atoms with van der Waals surface area (Å²) in [7, 11) is 0. The van der Waals surface area contributed by atoms with Gasteiger partial charge in [-0.15, -0.1) is 11.3 Å². The minimum Gasteiger partial charge on any atom is -0.316 e. The van der Waals surface area contributed by atoms with E-state index in [1.807, 2.05) is 6.07 Å². The van der Waals surface area contributed by atoms with Crippen LogP contribution in [0.2, 0.25) is 0 Å². The lowest BCUT2D eigenvalue weighted by Crippen LogP contribution is -2.12. The zero-order valence-electron chi connectivity index (χ0n) is 13.4. The lowest BCUT2D eigenvalue weighted by atomic mass is 10.3. The number of fused-ring (bicyclic) bond motifs is 1. The molecule has 3 heterocycles. The van der Waals surface area contributed by atoms with E-state index in [1.165, 1.54) is 23.5 Å². The van der Waals surface area contributed by atoms with Crippen LogP contribution in [-0.2, 0) is 0 Å². The number of carbonyl (C=O) groups is 1. The van der Waals surface area contributed by atoms with E-state index in [2.05, 4.69) is 25.6 Å². The number of nitro benzene ring substituents is 1. The molecular formula is C16H10N6O3S2. The van der Waals surface area contributed by atoms with Crippen molar-refractivity contribution in [3.05, 3.63) is 63.8 Å². The minimum atomic E-state index is -0.469. The van der Waals surface area contributed by atoms with Crippen LogP contribution in [0.4, 0.5) is 21.8 Å². The first-order chi connectivity index (χ1) is 13.1. The molecule has 2 N–H and O–H groups in total. The number of pyridine rings is 1. The summed E-state index contributed by atoms with van der Waals surface area (Å²) in [5.74, 6) is 0.223. The van der Waals surface area contributed by atoms with E-state index in [4.69, 9.17) is 0 Å².